The predicted octanol–water partition coefficient (Wildman–Crippen LogP) is 2.18. The van der Waals surface area contributed by atoms with Crippen LogP contribution < -0.4 is 5.32 Å². The van der Waals surface area contributed by atoms with E-state index in [1.165, 1.54) is 0 Å². The molecule has 0 spiro atoms. The lowest BCUT2D eigenvalue weighted by Gasteiger charge is -2.25. The zero-order valence-corrected chi connectivity index (χ0v) is 14.0. The molecule has 1 aliphatic rings. The van der Waals surface area contributed by atoms with E-state index in [0.29, 0.717) is 0 Å². The first-order valence-corrected chi connectivity index (χ1v) is 8.17. The Hall–Kier alpha value is -2.31. The first-order chi connectivity index (χ1) is 11.1. The number of anilines is 1. The van der Waals surface area contributed by atoms with Gasteiger partial charge in [-0.2, -0.15) is 10.2 Å². The smallest absolute Gasteiger partial charge is 0.320 e. The third kappa shape index (κ3) is 3.09. The quantitative estimate of drug-likeness (QED) is 0.940. The van der Waals surface area contributed by atoms with Crippen molar-refractivity contribution in [2.24, 2.45) is 7.05 Å². The van der Waals surface area contributed by atoms with Crippen LogP contribution in [0.15, 0.2) is 18.5 Å². The van der Waals surface area contributed by atoms with Gasteiger partial charge in [-0.3, -0.25) is 14.7 Å². The fourth-order valence-corrected chi connectivity index (χ4v) is 3.29. The topological polar surface area (TPSA) is 68.0 Å². The summed E-state index contributed by atoms with van der Waals surface area (Å²) in [5.41, 5.74) is 2.07. The molecule has 0 aliphatic carbocycles. The fourth-order valence-electron chi connectivity index (χ4n) is 3.29. The number of aryl methyl sites for hydroxylation is 2. The Bertz CT molecular complexity index is 675. The van der Waals surface area contributed by atoms with Crippen molar-refractivity contribution < 1.29 is 4.79 Å². The average molecular weight is 316 g/mol. The predicted molar refractivity (Wildman–Crippen MR) is 88.3 cm³/mol. The number of carbonyl (C=O) groups excluding carboxylic acids is 1. The SMILES string of the molecule is CCc1nn(C)c(NC(=O)N2CCC[C@H]2Cn2cccn2)c1C. The van der Waals surface area contributed by atoms with Gasteiger partial charge in [-0.25, -0.2) is 4.79 Å². The minimum atomic E-state index is -0.0478. The van der Waals surface area contributed by atoms with Crippen LogP contribution in [0.5, 0.6) is 0 Å². The Labute approximate surface area is 136 Å². The zero-order chi connectivity index (χ0) is 16.4. The molecule has 124 valence electrons. The lowest BCUT2D eigenvalue weighted by Crippen LogP contribution is -2.41. The number of hydrogen-bond acceptors (Lipinski definition) is 3. The maximum Gasteiger partial charge on any atom is 0.323 e. The van der Waals surface area contributed by atoms with E-state index < -0.39 is 0 Å². The van der Waals surface area contributed by atoms with Crippen molar-refractivity contribution in [3.05, 3.63) is 29.7 Å². The number of aromatic nitrogens is 4. The van der Waals surface area contributed by atoms with Gasteiger partial charge in [0.2, 0.25) is 0 Å². The molecule has 0 unspecified atom stereocenters. The molecule has 2 aromatic heterocycles. The molecule has 1 N–H and O–H groups in total. The summed E-state index contributed by atoms with van der Waals surface area (Å²) in [4.78, 5) is 14.6. The number of carbonyl (C=O) groups is 1. The van der Waals surface area contributed by atoms with Gasteiger partial charge in [0.1, 0.15) is 5.82 Å². The van der Waals surface area contributed by atoms with E-state index in [0.717, 1.165) is 49.4 Å². The fraction of sp³-hybridized carbons (Fsp3) is 0.562. The standard InChI is InChI=1S/C16H24N6O/c1-4-14-12(2)15(20(3)19-14)18-16(23)22-10-5-7-13(22)11-21-9-6-8-17-21/h6,8-9,13H,4-5,7,10-11H2,1-3H3,(H,18,23)/t13-/m0/s1. The average Bonchev–Trinajstić information content (AvgIpc) is 3.25. The van der Waals surface area contributed by atoms with Crippen LogP contribution in [0, 0.1) is 6.92 Å². The molecule has 2 amide bonds. The molecule has 3 rings (SSSR count). The molecule has 1 saturated heterocycles. The molecule has 7 heteroatoms. The highest BCUT2D eigenvalue weighted by molar-refractivity contribution is 5.89. The van der Waals surface area contributed by atoms with E-state index in [4.69, 9.17) is 0 Å². The van der Waals surface area contributed by atoms with Crippen LogP contribution >= 0.6 is 0 Å². The highest BCUT2D eigenvalue weighted by Crippen LogP contribution is 2.23. The zero-order valence-electron chi connectivity index (χ0n) is 14.0. The van der Waals surface area contributed by atoms with E-state index in [1.54, 1.807) is 10.9 Å². The van der Waals surface area contributed by atoms with E-state index >= 15 is 0 Å². The van der Waals surface area contributed by atoms with E-state index in [1.807, 2.05) is 35.8 Å². The van der Waals surface area contributed by atoms with E-state index in [-0.39, 0.29) is 12.1 Å². The molecule has 1 fully saturated rings. The summed E-state index contributed by atoms with van der Waals surface area (Å²) in [5.74, 6) is 0.789. The minimum absolute atomic E-state index is 0.0478. The maximum atomic E-state index is 12.7. The van der Waals surface area contributed by atoms with Gasteiger partial charge in [0, 0.05) is 31.5 Å². The Morgan fingerprint density at radius 1 is 1.48 bits per heavy atom. The summed E-state index contributed by atoms with van der Waals surface area (Å²) >= 11 is 0. The van der Waals surface area contributed by atoms with E-state index in [9.17, 15) is 4.79 Å². The van der Waals surface area contributed by atoms with Crippen molar-refractivity contribution in [3.8, 4) is 0 Å². The van der Waals surface area contributed by atoms with E-state index in [2.05, 4.69) is 22.4 Å². The number of amides is 2. The largest absolute Gasteiger partial charge is 0.323 e. The number of likely N-dealkylation sites (tertiary alicyclic amines) is 1. The molecule has 7 nitrogen and oxygen atoms in total. The summed E-state index contributed by atoms with van der Waals surface area (Å²) in [5, 5.41) is 11.7. The van der Waals surface area contributed by atoms with Crippen molar-refractivity contribution in [1.82, 2.24) is 24.5 Å². The van der Waals surface area contributed by atoms with Gasteiger partial charge in [0.15, 0.2) is 0 Å². The second-order valence-corrected chi connectivity index (χ2v) is 6.05. The number of urea groups is 1. The Balaban J connectivity index is 1.71. The van der Waals surface area contributed by atoms with Crippen LogP contribution in [0.2, 0.25) is 0 Å². The third-order valence-corrected chi connectivity index (χ3v) is 4.54. The lowest BCUT2D eigenvalue weighted by atomic mass is 10.2. The van der Waals surface area contributed by atoms with Crippen LogP contribution in [0.4, 0.5) is 10.6 Å². The molecule has 2 aromatic rings. The number of rotatable bonds is 4. The van der Waals surface area contributed by atoms with Crippen molar-refractivity contribution in [3.63, 3.8) is 0 Å². The maximum absolute atomic E-state index is 12.7. The first kappa shape index (κ1) is 15.6. The third-order valence-electron chi connectivity index (χ3n) is 4.54. The van der Waals surface area contributed by atoms with Crippen LogP contribution in [0.25, 0.3) is 0 Å². The van der Waals surface area contributed by atoms with Crippen molar-refractivity contribution in [1.29, 1.82) is 0 Å². The van der Waals surface area contributed by atoms with Gasteiger partial charge in [-0.05, 0) is 32.3 Å². The van der Waals surface area contributed by atoms with Gasteiger partial charge in [-0.1, -0.05) is 6.92 Å². The highest BCUT2D eigenvalue weighted by Gasteiger charge is 2.30. The second-order valence-electron chi connectivity index (χ2n) is 6.05. The summed E-state index contributed by atoms with van der Waals surface area (Å²) < 4.78 is 3.64. The molecule has 3 heterocycles. The minimum Gasteiger partial charge on any atom is -0.320 e. The first-order valence-electron chi connectivity index (χ1n) is 8.17. The summed E-state index contributed by atoms with van der Waals surface area (Å²) in [7, 11) is 1.87. The monoisotopic (exact) mass is 316 g/mol. The van der Waals surface area contributed by atoms with Gasteiger partial charge in [0.25, 0.3) is 0 Å². The van der Waals surface area contributed by atoms with Crippen LogP contribution in [0.3, 0.4) is 0 Å². The van der Waals surface area contributed by atoms with Gasteiger partial charge in [-0.15, -0.1) is 0 Å². The molecule has 0 bridgehead atoms. The number of hydrogen-bond donors (Lipinski definition) is 1. The van der Waals surface area contributed by atoms with Crippen LogP contribution in [-0.4, -0.2) is 43.1 Å². The Morgan fingerprint density at radius 2 is 2.30 bits per heavy atom. The van der Waals surface area contributed by atoms with Crippen LogP contribution in [-0.2, 0) is 20.0 Å². The normalized spacial score (nSPS) is 17.7. The number of nitrogens with zero attached hydrogens (tertiary/aromatic N) is 5. The summed E-state index contributed by atoms with van der Waals surface area (Å²) in [6.45, 7) is 5.61. The molecular weight excluding hydrogens is 292 g/mol. The summed E-state index contributed by atoms with van der Waals surface area (Å²) in [6.07, 6.45) is 6.61. The summed E-state index contributed by atoms with van der Waals surface area (Å²) in [6, 6.07) is 2.05. The number of nitrogens with one attached hydrogen (secondary N) is 1. The molecule has 1 atom stereocenters. The van der Waals surface area contributed by atoms with Crippen LogP contribution in [0.1, 0.15) is 31.0 Å². The van der Waals surface area contributed by atoms with Gasteiger partial charge in [0.05, 0.1) is 18.3 Å². The Morgan fingerprint density at radius 3 is 2.96 bits per heavy atom. The molecule has 0 aromatic carbocycles. The van der Waals surface area contributed by atoms with Gasteiger partial charge >= 0.3 is 6.03 Å². The highest BCUT2D eigenvalue weighted by atomic mass is 16.2. The molecule has 23 heavy (non-hydrogen) atoms. The molecule has 1 aliphatic heterocycles. The van der Waals surface area contributed by atoms with Crippen molar-refractivity contribution >= 4 is 11.8 Å². The molecule has 0 radical (unpaired) electrons. The molecular formula is C16H24N6O. The van der Waals surface area contributed by atoms with Crippen molar-refractivity contribution in [2.75, 3.05) is 11.9 Å². The van der Waals surface area contributed by atoms with Gasteiger partial charge < -0.3 is 4.90 Å². The lowest BCUT2D eigenvalue weighted by molar-refractivity contribution is 0.199. The van der Waals surface area contributed by atoms with Crippen molar-refractivity contribution in [2.45, 2.75) is 45.7 Å². The Kier molecular flexibility index (Phi) is 4.36. The second kappa shape index (κ2) is 6.44. The molecule has 0 saturated carbocycles.